The zero-order valence-electron chi connectivity index (χ0n) is 9.46. The average molecular weight is 191 g/mol. The van der Waals surface area contributed by atoms with Crippen LogP contribution < -0.4 is 5.73 Å². The molecular formula is C13H21N. The summed E-state index contributed by atoms with van der Waals surface area (Å²) in [6.07, 6.45) is 2.29. The highest BCUT2D eigenvalue weighted by Crippen LogP contribution is 2.38. The Morgan fingerprint density at radius 2 is 1.71 bits per heavy atom. The summed E-state index contributed by atoms with van der Waals surface area (Å²) < 4.78 is 0. The van der Waals surface area contributed by atoms with Crippen LogP contribution in [0.5, 0.6) is 0 Å². The summed E-state index contributed by atoms with van der Waals surface area (Å²) in [6.45, 7) is 6.18. The highest BCUT2D eigenvalue weighted by atomic mass is 14.7. The Bertz CT molecular complexity index is 263. The third-order valence-electron chi connectivity index (χ3n) is 2.66. The summed E-state index contributed by atoms with van der Waals surface area (Å²) in [7, 11) is 0. The fraction of sp³-hybridized carbons (Fsp3) is 0.538. The van der Waals surface area contributed by atoms with Gasteiger partial charge in [0.2, 0.25) is 0 Å². The van der Waals surface area contributed by atoms with Crippen LogP contribution in [0.1, 0.15) is 44.2 Å². The third kappa shape index (κ3) is 2.58. The minimum absolute atomic E-state index is 0.428. The van der Waals surface area contributed by atoms with Crippen LogP contribution in [0.2, 0.25) is 0 Å². The lowest BCUT2D eigenvalue weighted by Crippen LogP contribution is -2.00. The Hall–Kier alpha value is -0.820. The van der Waals surface area contributed by atoms with Gasteiger partial charge in [0.15, 0.2) is 0 Å². The fourth-order valence-electron chi connectivity index (χ4n) is 1.60. The van der Waals surface area contributed by atoms with Crippen molar-refractivity contribution in [3.05, 3.63) is 35.4 Å². The largest absolute Gasteiger partial charge is 0.327 e. The standard InChI is InChI=1S/C11H15N.C2H6/c1-2-8-3-5-9(6-4-8)10-7-11(10)12;1-2/h3-6,10-11H,2,7,12H2,1H3;1-2H3/t10-,11+;/m1./s1. The van der Waals surface area contributed by atoms with Gasteiger partial charge in [-0.1, -0.05) is 45.0 Å². The number of aryl methyl sites for hydroxylation is 1. The van der Waals surface area contributed by atoms with E-state index in [2.05, 4.69) is 31.2 Å². The van der Waals surface area contributed by atoms with E-state index in [0.29, 0.717) is 12.0 Å². The topological polar surface area (TPSA) is 26.0 Å². The van der Waals surface area contributed by atoms with E-state index in [1.165, 1.54) is 17.5 Å². The molecular weight excluding hydrogens is 170 g/mol. The molecule has 2 rings (SSSR count). The van der Waals surface area contributed by atoms with Crippen molar-refractivity contribution in [3.8, 4) is 0 Å². The zero-order valence-corrected chi connectivity index (χ0v) is 9.46. The van der Waals surface area contributed by atoms with Crippen molar-refractivity contribution in [3.63, 3.8) is 0 Å². The first-order chi connectivity index (χ1) is 6.81. The van der Waals surface area contributed by atoms with Gasteiger partial charge in [-0.25, -0.2) is 0 Å². The van der Waals surface area contributed by atoms with Crippen LogP contribution >= 0.6 is 0 Å². The molecule has 0 aliphatic heterocycles. The van der Waals surface area contributed by atoms with Crippen molar-refractivity contribution < 1.29 is 0 Å². The molecule has 0 heterocycles. The van der Waals surface area contributed by atoms with E-state index in [4.69, 9.17) is 5.73 Å². The smallest absolute Gasteiger partial charge is 0.0115 e. The van der Waals surface area contributed by atoms with Crippen LogP contribution in [0.3, 0.4) is 0 Å². The van der Waals surface area contributed by atoms with Gasteiger partial charge >= 0.3 is 0 Å². The quantitative estimate of drug-likeness (QED) is 0.763. The van der Waals surface area contributed by atoms with Gasteiger partial charge in [0, 0.05) is 12.0 Å². The highest BCUT2D eigenvalue weighted by Gasteiger charge is 2.34. The predicted octanol–water partition coefficient (Wildman–Crippen LogP) is 3.09. The molecule has 1 aromatic carbocycles. The van der Waals surface area contributed by atoms with Crippen molar-refractivity contribution >= 4 is 0 Å². The summed E-state index contributed by atoms with van der Waals surface area (Å²) in [5.74, 6) is 0.649. The first-order valence-electron chi connectivity index (χ1n) is 5.65. The van der Waals surface area contributed by atoms with E-state index in [-0.39, 0.29) is 0 Å². The molecule has 1 heteroatoms. The Labute approximate surface area is 87.3 Å². The lowest BCUT2D eigenvalue weighted by molar-refractivity contribution is 0.987. The number of nitrogens with two attached hydrogens (primary N) is 1. The molecule has 0 saturated heterocycles. The maximum Gasteiger partial charge on any atom is 0.0115 e. The van der Waals surface area contributed by atoms with Crippen molar-refractivity contribution in [1.82, 2.24) is 0 Å². The second-order valence-electron chi connectivity index (χ2n) is 3.60. The monoisotopic (exact) mass is 191 g/mol. The minimum atomic E-state index is 0.428. The molecule has 0 amide bonds. The van der Waals surface area contributed by atoms with E-state index in [0.717, 1.165) is 6.42 Å². The van der Waals surface area contributed by atoms with Gasteiger partial charge in [0.25, 0.3) is 0 Å². The summed E-state index contributed by atoms with van der Waals surface area (Å²) in [6, 6.07) is 9.28. The second-order valence-corrected chi connectivity index (χ2v) is 3.60. The molecule has 78 valence electrons. The minimum Gasteiger partial charge on any atom is -0.327 e. The molecule has 1 saturated carbocycles. The first kappa shape index (κ1) is 11.3. The van der Waals surface area contributed by atoms with Gasteiger partial charge in [0.1, 0.15) is 0 Å². The van der Waals surface area contributed by atoms with Crippen LogP contribution in [-0.2, 0) is 6.42 Å². The Morgan fingerprint density at radius 1 is 1.21 bits per heavy atom. The van der Waals surface area contributed by atoms with E-state index in [1.807, 2.05) is 13.8 Å². The van der Waals surface area contributed by atoms with Gasteiger partial charge in [-0.05, 0) is 24.0 Å². The van der Waals surface area contributed by atoms with E-state index >= 15 is 0 Å². The normalized spacial score (nSPS) is 23.7. The Kier molecular flexibility index (Phi) is 4.15. The number of hydrogen-bond donors (Lipinski definition) is 1. The Balaban J connectivity index is 0.000000461. The molecule has 1 aliphatic carbocycles. The SMILES string of the molecule is CC.CCc1ccc([C@H]2C[C@@H]2N)cc1. The van der Waals surface area contributed by atoms with Crippen LogP contribution in [0, 0.1) is 0 Å². The molecule has 0 unspecified atom stereocenters. The van der Waals surface area contributed by atoms with Crippen LogP contribution in [0.4, 0.5) is 0 Å². The van der Waals surface area contributed by atoms with Gasteiger partial charge < -0.3 is 5.73 Å². The second kappa shape index (κ2) is 5.16. The molecule has 1 fully saturated rings. The van der Waals surface area contributed by atoms with E-state index in [9.17, 15) is 0 Å². The molecule has 0 spiro atoms. The van der Waals surface area contributed by atoms with Crippen LogP contribution in [-0.4, -0.2) is 6.04 Å². The molecule has 14 heavy (non-hydrogen) atoms. The first-order valence-corrected chi connectivity index (χ1v) is 5.65. The van der Waals surface area contributed by atoms with Crippen molar-refractivity contribution in [2.75, 3.05) is 0 Å². The van der Waals surface area contributed by atoms with Crippen LogP contribution in [0.15, 0.2) is 24.3 Å². The molecule has 1 aromatic rings. The molecule has 2 N–H and O–H groups in total. The molecule has 0 radical (unpaired) electrons. The van der Waals surface area contributed by atoms with E-state index < -0.39 is 0 Å². The van der Waals surface area contributed by atoms with Crippen molar-refractivity contribution in [2.24, 2.45) is 5.73 Å². The fourth-order valence-corrected chi connectivity index (χ4v) is 1.60. The summed E-state index contributed by atoms with van der Waals surface area (Å²) >= 11 is 0. The average Bonchev–Trinajstić information content (AvgIpc) is 2.99. The predicted molar refractivity (Wildman–Crippen MR) is 62.5 cm³/mol. The lowest BCUT2D eigenvalue weighted by Gasteiger charge is -1.99. The van der Waals surface area contributed by atoms with Gasteiger partial charge in [0.05, 0.1) is 0 Å². The third-order valence-corrected chi connectivity index (χ3v) is 2.66. The van der Waals surface area contributed by atoms with Gasteiger partial charge in [-0.3, -0.25) is 0 Å². The molecule has 0 aromatic heterocycles. The molecule has 2 atom stereocenters. The maximum absolute atomic E-state index is 5.77. The molecule has 0 bridgehead atoms. The number of hydrogen-bond acceptors (Lipinski definition) is 1. The summed E-state index contributed by atoms with van der Waals surface area (Å²) in [5.41, 5.74) is 8.60. The number of benzene rings is 1. The van der Waals surface area contributed by atoms with Crippen molar-refractivity contribution in [1.29, 1.82) is 0 Å². The van der Waals surface area contributed by atoms with E-state index in [1.54, 1.807) is 0 Å². The maximum atomic E-state index is 5.77. The van der Waals surface area contributed by atoms with Crippen molar-refractivity contribution in [2.45, 2.75) is 45.6 Å². The van der Waals surface area contributed by atoms with Gasteiger partial charge in [-0.15, -0.1) is 0 Å². The molecule has 1 aliphatic rings. The molecule has 1 nitrogen and oxygen atoms in total. The highest BCUT2D eigenvalue weighted by molar-refractivity contribution is 5.30. The van der Waals surface area contributed by atoms with Gasteiger partial charge in [-0.2, -0.15) is 0 Å². The zero-order chi connectivity index (χ0) is 10.6. The lowest BCUT2D eigenvalue weighted by atomic mass is 10.1. The summed E-state index contributed by atoms with van der Waals surface area (Å²) in [4.78, 5) is 0. The number of rotatable bonds is 2. The Morgan fingerprint density at radius 3 is 2.07 bits per heavy atom. The summed E-state index contributed by atoms with van der Waals surface area (Å²) in [5, 5.41) is 0. The van der Waals surface area contributed by atoms with Crippen LogP contribution in [0.25, 0.3) is 0 Å².